The van der Waals surface area contributed by atoms with Crippen molar-refractivity contribution in [2.24, 2.45) is 5.92 Å². The number of halogens is 2. The largest absolute Gasteiger partial charge is 0.369 e. The van der Waals surface area contributed by atoms with Crippen LogP contribution in [0.15, 0.2) is 95.9 Å². The van der Waals surface area contributed by atoms with E-state index in [2.05, 4.69) is 103 Å². The summed E-state index contributed by atoms with van der Waals surface area (Å²) < 4.78 is 2.32. The molecule has 2 aromatic rings. The number of nitrogens with zero attached hydrogens (tertiary/aromatic N) is 2. The third-order valence-electron chi connectivity index (χ3n) is 6.56. The van der Waals surface area contributed by atoms with Crippen molar-refractivity contribution in [1.29, 1.82) is 0 Å². The zero-order chi connectivity index (χ0) is 26.0. The lowest BCUT2D eigenvalue weighted by molar-refractivity contribution is -0.666. The summed E-state index contributed by atoms with van der Waals surface area (Å²) in [6, 6.07) is 8.67. The van der Waals surface area contributed by atoms with Gasteiger partial charge < -0.3 is 4.90 Å². The van der Waals surface area contributed by atoms with Crippen molar-refractivity contribution in [3.05, 3.63) is 106 Å². The number of aryl methyl sites for hydroxylation is 1. The third-order valence-corrected chi connectivity index (χ3v) is 8.81. The van der Waals surface area contributed by atoms with Crippen molar-refractivity contribution >= 4 is 63.7 Å². The molecule has 0 saturated carbocycles. The Morgan fingerprint density at radius 3 is 2.68 bits per heavy atom. The van der Waals surface area contributed by atoms with Gasteiger partial charge in [-0.25, -0.2) is 0 Å². The van der Waals surface area contributed by atoms with Crippen LogP contribution >= 0.6 is 46.7 Å². The van der Waals surface area contributed by atoms with Crippen molar-refractivity contribution in [2.75, 3.05) is 29.6 Å². The molecule has 2 aliphatic rings. The van der Waals surface area contributed by atoms with Gasteiger partial charge in [-0.3, -0.25) is 0 Å². The van der Waals surface area contributed by atoms with E-state index in [0.29, 0.717) is 6.04 Å². The molecule has 0 bridgehead atoms. The van der Waals surface area contributed by atoms with Gasteiger partial charge >= 0.3 is 0 Å². The van der Waals surface area contributed by atoms with Crippen molar-refractivity contribution in [2.45, 2.75) is 26.4 Å². The van der Waals surface area contributed by atoms with Gasteiger partial charge in [-0.15, -0.1) is 0 Å². The molecule has 194 valence electrons. The number of allylic oxidation sites excluding steroid dienone is 7. The number of fused-ring (bicyclic) bond motifs is 2. The Morgan fingerprint density at radius 1 is 1.00 bits per heavy atom. The van der Waals surface area contributed by atoms with Crippen LogP contribution in [0.2, 0.25) is 5.02 Å². The summed E-state index contributed by atoms with van der Waals surface area (Å²) in [6.07, 6.45) is 23.8. The maximum Gasteiger partial charge on any atom is 0.213 e. The zero-order valence-electron chi connectivity index (χ0n) is 21.5. The molecule has 2 nitrogen and oxygen atoms in total. The molecule has 37 heavy (non-hydrogen) atoms. The van der Waals surface area contributed by atoms with E-state index in [0.717, 1.165) is 46.2 Å². The maximum absolute atomic E-state index is 6.39. The highest BCUT2D eigenvalue weighted by atomic mass is 35.5. The fourth-order valence-corrected chi connectivity index (χ4v) is 6.33. The van der Waals surface area contributed by atoms with Crippen LogP contribution in [-0.2, 0) is 6.54 Å². The minimum atomic E-state index is 0.268. The molecule has 0 radical (unpaired) electrons. The lowest BCUT2D eigenvalue weighted by Crippen LogP contribution is -2.40. The van der Waals surface area contributed by atoms with Gasteiger partial charge in [0.1, 0.15) is 0 Å². The van der Waals surface area contributed by atoms with Gasteiger partial charge in [-0.05, 0) is 53.1 Å². The molecular weight excluding hydrogens is 535 g/mol. The van der Waals surface area contributed by atoms with Crippen LogP contribution in [0.5, 0.6) is 0 Å². The molecule has 2 unspecified atom stereocenters. The summed E-state index contributed by atoms with van der Waals surface area (Å²) in [5.74, 6) is 4.80. The highest BCUT2D eigenvalue weighted by Gasteiger charge is 2.29. The van der Waals surface area contributed by atoms with Crippen LogP contribution < -0.4 is 4.57 Å². The monoisotopic (exact) mass is 569 g/mol. The maximum atomic E-state index is 6.39. The Morgan fingerprint density at radius 2 is 1.84 bits per heavy atom. The number of hydrogen-bond acceptors (Lipinski definition) is 3. The first-order valence-corrected chi connectivity index (χ1v) is 16.0. The molecule has 1 aromatic heterocycles. The van der Waals surface area contributed by atoms with Crippen LogP contribution in [0.3, 0.4) is 0 Å². The number of benzene rings is 1. The summed E-state index contributed by atoms with van der Waals surface area (Å²) in [4.78, 5) is 2.43. The summed E-state index contributed by atoms with van der Waals surface area (Å²) in [5.41, 5.74) is 3.66. The van der Waals surface area contributed by atoms with E-state index in [1.54, 1.807) is 0 Å². The molecule has 6 heteroatoms. The van der Waals surface area contributed by atoms with Crippen molar-refractivity contribution < 1.29 is 4.57 Å². The van der Waals surface area contributed by atoms with E-state index in [1.807, 2.05) is 35.7 Å². The lowest BCUT2D eigenvalue weighted by atomic mass is 9.84. The highest BCUT2D eigenvalue weighted by molar-refractivity contribution is 7.99. The third kappa shape index (κ3) is 7.60. The highest BCUT2D eigenvalue weighted by Crippen LogP contribution is 2.34. The molecule has 0 saturated heterocycles. The Balaban J connectivity index is 1.50. The van der Waals surface area contributed by atoms with Gasteiger partial charge in [0.15, 0.2) is 12.7 Å². The number of thioether (sulfide) groups is 2. The first-order valence-electron chi connectivity index (χ1n) is 12.9. The number of rotatable bonds is 11. The molecule has 4 rings (SSSR count). The van der Waals surface area contributed by atoms with E-state index >= 15 is 0 Å². The van der Waals surface area contributed by atoms with Crippen LogP contribution in [0.25, 0.3) is 17.0 Å². The predicted molar refractivity (Wildman–Crippen MR) is 168 cm³/mol. The molecule has 0 fully saturated rings. The predicted octanol–water partition coefficient (Wildman–Crippen LogP) is 8.29. The van der Waals surface area contributed by atoms with Crippen molar-refractivity contribution in [1.82, 2.24) is 4.90 Å². The lowest BCUT2D eigenvalue weighted by Gasteiger charge is -2.39. The van der Waals surface area contributed by atoms with E-state index in [-0.39, 0.29) is 5.92 Å². The van der Waals surface area contributed by atoms with E-state index in [9.17, 15) is 0 Å². The van der Waals surface area contributed by atoms with Gasteiger partial charge in [0.25, 0.3) is 0 Å². The molecule has 1 aliphatic heterocycles. The van der Waals surface area contributed by atoms with Gasteiger partial charge in [-0.1, -0.05) is 79.6 Å². The number of hydrogen-bond donors (Lipinski definition) is 0. The average Bonchev–Trinajstić information content (AvgIpc) is 2.90. The van der Waals surface area contributed by atoms with Crippen LogP contribution in [-0.4, -0.2) is 40.5 Å². The van der Waals surface area contributed by atoms with E-state index in [1.165, 1.54) is 22.0 Å². The zero-order valence-corrected chi connectivity index (χ0v) is 24.7. The van der Waals surface area contributed by atoms with E-state index < -0.39 is 0 Å². The summed E-state index contributed by atoms with van der Waals surface area (Å²) >= 11 is 16.7. The molecule has 1 aliphatic carbocycles. The van der Waals surface area contributed by atoms with E-state index in [4.69, 9.17) is 23.2 Å². The quantitative estimate of drug-likeness (QED) is 0.153. The van der Waals surface area contributed by atoms with Crippen LogP contribution in [0, 0.1) is 5.92 Å². The second kappa shape index (κ2) is 14.3. The Kier molecular flexibility index (Phi) is 10.9. The second-order valence-electron chi connectivity index (χ2n) is 8.91. The van der Waals surface area contributed by atoms with Crippen LogP contribution in [0.4, 0.5) is 0 Å². The van der Waals surface area contributed by atoms with Gasteiger partial charge in [-0.2, -0.15) is 28.1 Å². The van der Waals surface area contributed by atoms with Gasteiger partial charge in [0.05, 0.1) is 17.2 Å². The number of aromatic nitrogens is 1. The molecule has 2 heterocycles. The van der Waals surface area contributed by atoms with Crippen LogP contribution in [0.1, 0.15) is 19.4 Å². The first-order chi connectivity index (χ1) is 18.1. The van der Waals surface area contributed by atoms with Crippen molar-refractivity contribution in [3.8, 4) is 0 Å². The Labute approximate surface area is 240 Å². The minimum Gasteiger partial charge on any atom is -0.369 e. The standard InChI is InChI=1S/C31H35Cl2N2S2/c1-3-36-20-18-34-16-14-24(28-22-26(32)10-12-30(28)34)8-6-5-7-9-25-15-17-35(19-21-37-4-2)31-13-11-27(33)23-29(25)31/h5-17,22-23,28,30H,3-4,18-21H2,1-2H3/q+1. The fraction of sp³-hybridized carbons (Fsp3) is 0.323. The van der Waals surface area contributed by atoms with Gasteiger partial charge in [0, 0.05) is 40.4 Å². The average molecular weight is 571 g/mol. The fourth-order valence-electron chi connectivity index (χ4n) is 4.71. The van der Waals surface area contributed by atoms with Crippen molar-refractivity contribution in [3.63, 3.8) is 0 Å². The second-order valence-corrected chi connectivity index (χ2v) is 12.6. The Hall–Kier alpha value is -1.85. The smallest absolute Gasteiger partial charge is 0.213 e. The topological polar surface area (TPSA) is 7.12 Å². The normalized spacial score (nSPS) is 20.5. The molecule has 0 N–H and O–H groups in total. The molecule has 1 aromatic carbocycles. The molecule has 0 spiro atoms. The summed E-state index contributed by atoms with van der Waals surface area (Å²) in [6.45, 7) is 6.45. The Bertz CT molecular complexity index is 1260. The molecule has 2 atom stereocenters. The first kappa shape index (κ1) is 28.2. The SMILES string of the molecule is CCSCCN1C=CC(=CC=CC=Cc2cc[n+](CCSCC)c3ccc(Cl)cc23)C2C=C(Cl)C=CC21. The summed E-state index contributed by atoms with van der Waals surface area (Å²) in [7, 11) is 0. The number of pyridine rings is 1. The summed E-state index contributed by atoms with van der Waals surface area (Å²) in [5, 5.41) is 2.75. The molecule has 0 amide bonds. The van der Waals surface area contributed by atoms with Gasteiger partial charge in [0.2, 0.25) is 5.52 Å². The minimum absolute atomic E-state index is 0.268. The molecular formula is C31H35Cl2N2S2+.